The number of carbonyl (C=O) groups is 2. The molecule has 1 atom stereocenters. The van der Waals surface area contributed by atoms with E-state index in [0.29, 0.717) is 32.8 Å². The predicted molar refractivity (Wildman–Crippen MR) is 64.3 cm³/mol. The highest BCUT2D eigenvalue weighted by molar-refractivity contribution is 5.84. The minimum atomic E-state index is -0.933. The Morgan fingerprint density at radius 3 is 2.67 bits per heavy atom. The van der Waals surface area contributed by atoms with Gasteiger partial charge in [0, 0.05) is 13.2 Å². The molecule has 0 spiro atoms. The van der Waals surface area contributed by atoms with Crippen LogP contribution in [0.1, 0.15) is 26.2 Å². The maximum atomic E-state index is 11.8. The molecular weight excluding hydrogens is 238 g/mol. The standard InChI is InChI=1S/C12H21NO5/c1-2-17-7-8-18-9-11(14)13-6-4-3-5-10(13)12(15)16/h10H,2-9H2,1H3,(H,15,16). The van der Waals surface area contributed by atoms with Crippen molar-refractivity contribution < 1.29 is 24.2 Å². The number of ether oxygens (including phenoxy) is 2. The van der Waals surface area contributed by atoms with Crippen LogP contribution in [0.4, 0.5) is 0 Å². The minimum absolute atomic E-state index is 0.0726. The molecule has 0 aromatic carbocycles. The van der Waals surface area contributed by atoms with Crippen LogP contribution in [0.5, 0.6) is 0 Å². The molecule has 1 unspecified atom stereocenters. The largest absolute Gasteiger partial charge is 0.480 e. The van der Waals surface area contributed by atoms with Crippen molar-refractivity contribution in [1.29, 1.82) is 0 Å². The van der Waals surface area contributed by atoms with Crippen molar-refractivity contribution >= 4 is 11.9 Å². The summed E-state index contributed by atoms with van der Waals surface area (Å²) in [4.78, 5) is 24.3. The van der Waals surface area contributed by atoms with E-state index in [4.69, 9.17) is 14.6 Å². The molecule has 1 heterocycles. The third-order valence-electron chi connectivity index (χ3n) is 2.91. The number of carboxylic acid groups (broad SMARTS) is 1. The summed E-state index contributed by atoms with van der Waals surface area (Å²) in [6.45, 7) is 3.74. The first-order valence-corrected chi connectivity index (χ1v) is 6.34. The van der Waals surface area contributed by atoms with Gasteiger partial charge in [0.1, 0.15) is 12.6 Å². The van der Waals surface area contributed by atoms with Gasteiger partial charge in [-0.15, -0.1) is 0 Å². The molecule has 6 heteroatoms. The summed E-state index contributed by atoms with van der Waals surface area (Å²) in [6.07, 6.45) is 2.24. The van der Waals surface area contributed by atoms with Gasteiger partial charge >= 0.3 is 5.97 Å². The molecule has 1 aliphatic rings. The van der Waals surface area contributed by atoms with Crippen molar-refractivity contribution in [2.24, 2.45) is 0 Å². The van der Waals surface area contributed by atoms with E-state index in [1.807, 2.05) is 6.92 Å². The second kappa shape index (κ2) is 8.05. The average Bonchev–Trinajstić information content (AvgIpc) is 2.38. The van der Waals surface area contributed by atoms with Crippen LogP contribution in [-0.2, 0) is 19.1 Å². The SMILES string of the molecule is CCOCCOCC(=O)N1CCCCC1C(=O)O. The first kappa shape index (κ1) is 14.9. The third-order valence-corrected chi connectivity index (χ3v) is 2.91. The fourth-order valence-electron chi connectivity index (χ4n) is 1.99. The van der Waals surface area contributed by atoms with Crippen LogP contribution >= 0.6 is 0 Å². The lowest BCUT2D eigenvalue weighted by Crippen LogP contribution is -2.49. The minimum Gasteiger partial charge on any atom is -0.480 e. The lowest BCUT2D eigenvalue weighted by atomic mass is 10.0. The molecule has 1 amide bonds. The van der Waals surface area contributed by atoms with Gasteiger partial charge in [0.15, 0.2) is 0 Å². The first-order valence-electron chi connectivity index (χ1n) is 6.34. The summed E-state index contributed by atoms with van der Waals surface area (Å²) in [7, 11) is 0. The van der Waals surface area contributed by atoms with Crippen molar-refractivity contribution in [3.63, 3.8) is 0 Å². The molecule has 1 fully saturated rings. The van der Waals surface area contributed by atoms with Gasteiger partial charge in [-0.2, -0.15) is 0 Å². The number of carbonyl (C=O) groups excluding carboxylic acids is 1. The lowest BCUT2D eigenvalue weighted by molar-refractivity contribution is -0.154. The number of nitrogens with zero attached hydrogens (tertiary/aromatic N) is 1. The zero-order chi connectivity index (χ0) is 13.4. The summed E-state index contributed by atoms with van der Waals surface area (Å²) in [5.74, 6) is -1.18. The molecule has 0 aliphatic carbocycles. The molecule has 0 bridgehead atoms. The van der Waals surface area contributed by atoms with Crippen LogP contribution in [-0.4, -0.2) is 60.9 Å². The van der Waals surface area contributed by atoms with Gasteiger partial charge in [0.25, 0.3) is 0 Å². The second-order valence-corrected chi connectivity index (χ2v) is 4.19. The van der Waals surface area contributed by atoms with Gasteiger partial charge in [0.05, 0.1) is 13.2 Å². The van der Waals surface area contributed by atoms with Gasteiger partial charge in [-0.05, 0) is 26.2 Å². The van der Waals surface area contributed by atoms with E-state index in [1.54, 1.807) is 0 Å². The van der Waals surface area contributed by atoms with Crippen molar-refractivity contribution in [2.45, 2.75) is 32.2 Å². The maximum Gasteiger partial charge on any atom is 0.326 e. The number of rotatable bonds is 7. The van der Waals surface area contributed by atoms with Crippen LogP contribution < -0.4 is 0 Å². The molecule has 0 aromatic rings. The van der Waals surface area contributed by atoms with Gasteiger partial charge < -0.3 is 19.5 Å². The number of piperidine rings is 1. The Kier molecular flexibility index (Phi) is 6.67. The molecule has 1 aliphatic heterocycles. The topological polar surface area (TPSA) is 76.1 Å². The highest BCUT2D eigenvalue weighted by Crippen LogP contribution is 2.17. The number of hydrogen-bond acceptors (Lipinski definition) is 4. The Morgan fingerprint density at radius 2 is 2.00 bits per heavy atom. The number of amides is 1. The number of hydrogen-bond donors (Lipinski definition) is 1. The first-order chi connectivity index (χ1) is 8.66. The van der Waals surface area contributed by atoms with E-state index in [-0.39, 0.29) is 12.5 Å². The van der Waals surface area contributed by atoms with Gasteiger partial charge in [-0.3, -0.25) is 4.79 Å². The van der Waals surface area contributed by atoms with Crippen molar-refractivity contribution in [3.05, 3.63) is 0 Å². The van der Waals surface area contributed by atoms with Crippen LogP contribution in [0.15, 0.2) is 0 Å². The molecule has 104 valence electrons. The average molecular weight is 259 g/mol. The van der Waals surface area contributed by atoms with E-state index in [2.05, 4.69) is 0 Å². The quantitative estimate of drug-likeness (QED) is 0.674. The summed E-state index contributed by atoms with van der Waals surface area (Å²) in [5, 5.41) is 9.04. The summed E-state index contributed by atoms with van der Waals surface area (Å²) in [5.41, 5.74) is 0. The highest BCUT2D eigenvalue weighted by atomic mass is 16.5. The summed E-state index contributed by atoms with van der Waals surface area (Å²) >= 11 is 0. The maximum absolute atomic E-state index is 11.8. The van der Waals surface area contributed by atoms with Gasteiger partial charge in [-0.1, -0.05) is 0 Å². The molecule has 6 nitrogen and oxygen atoms in total. The van der Waals surface area contributed by atoms with Crippen molar-refractivity contribution in [3.8, 4) is 0 Å². The zero-order valence-electron chi connectivity index (χ0n) is 10.8. The molecule has 1 saturated heterocycles. The van der Waals surface area contributed by atoms with Crippen LogP contribution in [0.2, 0.25) is 0 Å². The van der Waals surface area contributed by atoms with E-state index in [1.165, 1.54) is 4.90 Å². The second-order valence-electron chi connectivity index (χ2n) is 4.19. The lowest BCUT2D eigenvalue weighted by Gasteiger charge is -2.32. The number of aliphatic carboxylic acids is 1. The van der Waals surface area contributed by atoms with Crippen LogP contribution in [0.25, 0.3) is 0 Å². The molecular formula is C12H21NO5. The van der Waals surface area contributed by atoms with Gasteiger partial charge in [-0.25, -0.2) is 4.79 Å². The van der Waals surface area contributed by atoms with E-state index in [9.17, 15) is 9.59 Å². The number of likely N-dealkylation sites (tertiary alicyclic amines) is 1. The van der Waals surface area contributed by atoms with Crippen molar-refractivity contribution in [1.82, 2.24) is 4.90 Å². The van der Waals surface area contributed by atoms with Crippen LogP contribution in [0.3, 0.4) is 0 Å². The Hall–Kier alpha value is -1.14. The van der Waals surface area contributed by atoms with Gasteiger partial charge in [0.2, 0.25) is 5.91 Å². The molecule has 0 radical (unpaired) electrons. The smallest absolute Gasteiger partial charge is 0.326 e. The molecule has 1 N–H and O–H groups in total. The Balaban J connectivity index is 2.32. The molecule has 18 heavy (non-hydrogen) atoms. The zero-order valence-corrected chi connectivity index (χ0v) is 10.8. The summed E-state index contributed by atoms with van der Waals surface area (Å²) in [6, 6.07) is -0.693. The van der Waals surface area contributed by atoms with Crippen molar-refractivity contribution in [2.75, 3.05) is 33.0 Å². The third kappa shape index (κ3) is 4.62. The van der Waals surface area contributed by atoms with E-state index >= 15 is 0 Å². The molecule has 0 aromatic heterocycles. The Bertz CT molecular complexity index is 282. The fourth-order valence-corrected chi connectivity index (χ4v) is 1.99. The highest BCUT2D eigenvalue weighted by Gasteiger charge is 2.31. The summed E-state index contributed by atoms with van der Waals surface area (Å²) < 4.78 is 10.2. The Morgan fingerprint density at radius 1 is 1.28 bits per heavy atom. The van der Waals surface area contributed by atoms with E-state index in [0.717, 1.165) is 12.8 Å². The number of carboxylic acids is 1. The molecule has 1 rings (SSSR count). The Labute approximate surface area is 107 Å². The normalized spacial score (nSPS) is 19.8. The van der Waals surface area contributed by atoms with E-state index < -0.39 is 12.0 Å². The van der Waals surface area contributed by atoms with Crippen LogP contribution in [0, 0.1) is 0 Å². The predicted octanol–water partition coefficient (Wildman–Crippen LogP) is 0.505. The molecule has 0 saturated carbocycles. The monoisotopic (exact) mass is 259 g/mol. The fraction of sp³-hybridized carbons (Fsp3) is 0.833.